The fourth-order valence-corrected chi connectivity index (χ4v) is 2.72. The molecule has 0 N–H and O–H groups in total. The monoisotopic (exact) mass is 217 g/mol. The van der Waals surface area contributed by atoms with Gasteiger partial charge in [0.05, 0.1) is 0 Å². The molecular weight excluding hydrogens is 194 g/mol. The lowest BCUT2D eigenvalue weighted by molar-refractivity contribution is 0.207. The van der Waals surface area contributed by atoms with Crippen LogP contribution in [0, 0.1) is 5.92 Å². The average molecular weight is 217 g/mol. The van der Waals surface area contributed by atoms with E-state index in [0.29, 0.717) is 0 Å². The molecule has 1 nitrogen and oxygen atoms in total. The zero-order valence-corrected chi connectivity index (χ0v) is 10.5. The first-order valence-corrected chi connectivity index (χ1v) is 6.49. The van der Waals surface area contributed by atoms with Crippen molar-refractivity contribution >= 4 is 0 Å². The Morgan fingerprint density at radius 2 is 1.81 bits per heavy atom. The Kier molecular flexibility index (Phi) is 4.00. The average Bonchev–Trinajstić information content (AvgIpc) is 2.33. The molecule has 0 spiro atoms. The highest BCUT2D eigenvalue weighted by molar-refractivity contribution is 5.18. The van der Waals surface area contributed by atoms with E-state index in [1.165, 1.54) is 37.9 Å². The number of rotatable bonds is 3. The first-order valence-electron chi connectivity index (χ1n) is 6.49. The molecule has 1 atom stereocenters. The Morgan fingerprint density at radius 1 is 1.19 bits per heavy atom. The minimum absolute atomic E-state index is 0.717. The van der Waals surface area contributed by atoms with Crippen LogP contribution in [0.3, 0.4) is 0 Å². The van der Waals surface area contributed by atoms with Gasteiger partial charge in [0.15, 0.2) is 0 Å². The summed E-state index contributed by atoms with van der Waals surface area (Å²) in [4.78, 5) is 2.45. The summed E-state index contributed by atoms with van der Waals surface area (Å²) in [5.74, 6) is 1.65. The zero-order valence-electron chi connectivity index (χ0n) is 10.5. The van der Waals surface area contributed by atoms with E-state index in [1.54, 1.807) is 0 Å². The van der Waals surface area contributed by atoms with Crippen molar-refractivity contribution in [2.75, 3.05) is 20.1 Å². The van der Waals surface area contributed by atoms with E-state index in [-0.39, 0.29) is 0 Å². The minimum atomic E-state index is 0.717. The molecule has 2 rings (SSSR count). The Bertz CT molecular complexity index is 298. The van der Waals surface area contributed by atoms with E-state index < -0.39 is 0 Å². The molecule has 1 unspecified atom stereocenters. The van der Waals surface area contributed by atoms with Gasteiger partial charge in [-0.3, -0.25) is 0 Å². The number of nitrogens with zero attached hydrogens (tertiary/aromatic N) is 1. The Hall–Kier alpha value is -0.820. The maximum Gasteiger partial charge on any atom is -0.00191 e. The largest absolute Gasteiger partial charge is 0.306 e. The van der Waals surface area contributed by atoms with Crippen LogP contribution in [0.4, 0.5) is 0 Å². The lowest BCUT2D eigenvalue weighted by Gasteiger charge is -2.30. The second kappa shape index (κ2) is 5.49. The van der Waals surface area contributed by atoms with Gasteiger partial charge in [-0.15, -0.1) is 0 Å². The summed E-state index contributed by atoms with van der Waals surface area (Å²) in [6, 6.07) is 10.9. The SMILES string of the molecule is CC(CC1CCN(C)CC1)c1ccccc1. The molecule has 1 heterocycles. The van der Waals surface area contributed by atoms with E-state index >= 15 is 0 Å². The van der Waals surface area contributed by atoms with Gasteiger partial charge in [-0.2, -0.15) is 0 Å². The van der Waals surface area contributed by atoms with E-state index in [0.717, 1.165) is 11.8 Å². The Balaban J connectivity index is 1.86. The lowest BCUT2D eigenvalue weighted by atomic mass is 9.85. The molecule has 1 aliphatic heterocycles. The van der Waals surface area contributed by atoms with E-state index in [4.69, 9.17) is 0 Å². The van der Waals surface area contributed by atoms with Crippen LogP contribution in [0.1, 0.15) is 37.7 Å². The summed E-state index contributed by atoms with van der Waals surface area (Å²) < 4.78 is 0. The molecule has 88 valence electrons. The second-order valence-electron chi connectivity index (χ2n) is 5.29. The number of piperidine rings is 1. The molecule has 0 radical (unpaired) electrons. The lowest BCUT2D eigenvalue weighted by Crippen LogP contribution is -2.30. The highest BCUT2D eigenvalue weighted by atomic mass is 15.1. The van der Waals surface area contributed by atoms with Crippen molar-refractivity contribution in [3.63, 3.8) is 0 Å². The van der Waals surface area contributed by atoms with Crippen molar-refractivity contribution < 1.29 is 0 Å². The molecule has 1 fully saturated rings. The molecule has 1 heteroatoms. The standard InChI is InChI=1S/C15H23N/c1-13(15-6-4-3-5-7-15)12-14-8-10-16(2)11-9-14/h3-7,13-14H,8-12H2,1-2H3. The van der Waals surface area contributed by atoms with Crippen LogP contribution in [-0.4, -0.2) is 25.0 Å². The molecule has 1 aromatic rings. The molecule has 0 aliphatic carbocycles. The molecule has 0 amide bonds. The van der Waals surface area contributed by atoms with Crippen LogP contribution in [-0.2, 0) is 0 Å². The smallest absolute Gasteiger partial charge is 0.00191 e. The first kappa shape index (κ1) is 11.7. The summed E-state index contributed by atoms with van der Waals surface area (Å²) >= 11 is 0. The predicted molar refractivity (Wildman–Crippen MR) is 69.7 cm³/mol. The molecule has 0 aromatic heterocycles. The molecular formula is C15H23N. The van der Waals surface area contributed by atoms with Crippen molar-refractivity contribution in [1.29, 1.82) is 0 Å². The number of likely N-dealkylation sites (tertiary alicyclic amines) is 1. The van der Waals surface area contributed by atoms with Crippen molar-refractivity contribution in [1.82, 2.24) is 4.90 Å². The van der Waals surface area contributed by atoms with Gasteiger partial charge in [0.25, 0.3) is 0 Å². The quantitative estimate of drug-likeness (QED) is 0.748. The minimum Gasteiger partial charge on any atom is -0.306 e. The summed E-state index contributed by atoms with van der Waals surface area (Å²) in [6.45, 7) is 4.94. The summed E-state index contributed by atoms with van der Waals surface area (Å²) in [7, 11) is 2.23. The fourth-order valence-electron chi connectivity index (χ4n) is 2.72. The van der Waals surface area contributed by atoms with E-state index in [2.05, 4.69) is 49.2 Å². The zero-order chi connectivity index (χ0) is 11.4. The van der Waals surface area contributed by atoms with Crippen LogP contribution < -0.4 is 0 Å². The number of benzene rings is 1. The van der Waals surface area contributed by atoms with Gasteiger partial charge < -0.3 is 4.90 Å². The molecule has 1 aliphatic rings. The van der Waals surface area contributed by atoms with Gasteiger partial charge in [0.1, 0.15) is 0 Å². The summed E-state index contributed by atoms with van der Waals surface area (Å²) in [5, 5.41) is 0. The number of hydrogen-bond donors (Lipinski definition) is 0. The molecule has 0 saturated carbocycles. The normalized spacial score (nSPS) is 20.9. The van der Waals surface area contributed by atoms with Crippen molar-refractivity contribution in [3.8, 4) is 0 Å². The van der Waals surface area contributed by atoms with Crippen LogP contribution >= 0.6 is 0 Å². The summed E-state index contributed by atoms with van der Waals surface area (Å²) in [5.41, 5.74) is 1.50. The van der Waals surface area contributed by atoms with Gasteiger partial charge in [-0.25, -0.2) is 0 Å². The third-order valence-corrected chi connectivity index (χ3v) is 3.89. The second-order valence-corrected chi connectivity index (χ2v) is 5.29. The third-order valence-electron chi connectivity index (χ3n) is 3.89. The molecule has 0 bridgehead atoms. The van der Waals surface area contributed by atoms with Gasteiger partial charge >= 0.3 is 0 Å². The van der Waals surface area contributed by atoms with Crippen LogP contribution in [0.5, 0.6) is 0 Å². The summed E-state index contributed by atoms with van der Waals surface area (Å²) in [6.07, 6.45) is 4.12. The first-order chi connectivity index (χ1) is 7.75. The van der Waals surface area contributed by atoms with Gasteiger partial charge in [-0.05, 0) is 56.8 Å². The predicted octanol–water partition coefficient (Wildman–Crippen LogP) is 3.52. The maximum absolute atomic E-state index is 2.45. The van der Waals surface area contributed by atoms with E-state index in [1.807, 2.05) is 0 Å². The topological polar surface area (TPSA) is 3.24 Å². The van der Waals surface area contributed by atoms with Crippen molar-refractivity contribution in [2.45, 2.75) is 32.1 Å². The van der Waals surface area contributed by atoms with Gasteiger partial charge in [0, 0.05) is 0 Å². The highest BCUT2D eigenvalue weighted by Gasteiger charge is 2.19. The maximum atomic E-state index is 2.45. The Morgan fingerprint density at radius 3 is 2.44 bits per heavy atom. The van der Waals surface area contributed by atoms with Gasteiger partial charge in [0.2, 0.25) is 0 Å². The van der Waals surface area contributed by atoms with Gasteiger partial charge in [-0.1, -0.05) is 37.3 Å². The Labute approximate surface area is 99.5 Å². The highest BCUT2D eigenvalue weighted by Crippen LogP contribution is 2.28. The fraction of sp³-hybridized carbons (Fsp3) is 0.600. The third kappa shape index (κ3) is 3.08. The van der Waals surface area contributed by atoms with Crippen LogP contribution in [0.25, 0.3) is 0 Å². The van der Waals surface area contributed by atoms with Crippen LogP contribution in [0.2, 0.25) is 0 Å². The number of hydrogen-bond acceptors (Lipinski definition) is 1. The van der Waals surface area contributed by atoms with Crippen molar-refractivity contribution in [2.24, 2.45) is 5.92 Å². The van der Waals surface area contributed by atoms with E-state index in [9.17, 15) is 0 Å². The van der Waals surface area contributed by atoms with Crippen LogP contribution in [0.15, 0.2) is 30.3 Å². The molecule has 1 saturated heterocycles. The molecule has 1 aromatic carbocycles. The molecule has 16 heavy (non-hydrogen) atoms. The van der Waals surface area contributed by atoms with Crippen molar-refractivity contribution in [3.05, 3.63) is 35.9 Å².